The van der Waals surface area contributed by atoms with E-state index in [1.807, 2.05) is 13.8 Å². The van der Waals surface area contributed by atoms with E-state index in [2.05, 4.69) is 4.98 Å². The summed E-state index contributed by atoms with van der Waals surface area (Å²) < 4.78 is 6.70. The summed E-state index contributed by atoms with van der Waals surface area (Å²) in [6.07, 6.45) is 1.54. The van der Waals surface area contributed by atoms with Gasteiger partial charge in [0.15, 0.2) is 0 Å². The van der Waals surface area contributed by atoms with Crippen molar-refractivity contribution in [3.63, 3.8) is 0 Å². The van der Waals surface area contributed by atoms with Crippen molar-refractivity contribution in [1.29, 1.82) is 0 Å². The fourth-order valence-electron chi connectivity index (χ4n) is 2.13. The van der Waals surface area contributed by atoms with Gasteiger partial charge in [0.2, 0.25) is 0 Å². The lowest BCUT2D eigenvalue weighted by Gasteiger charge is -2.19. The second-order valence-electron chi connectivity index (χ2n) is 5.27. The molecular weight excluding hydrogens is 256 g/mol. The fourth-order valence-corrected chi connectivity index (χ4v) is 2.13. The molecule has 0 bridgehead atoms. The molecule has 0 aliphatic heterocycles. The highest BCUT2D eigenvalue weighted by Crippen LogP contribution is 2.17. The lowest BCUT2D eigenvalue weighted by atomic mass is 9.97. The van der Waals surface area contributed by atoms with Crippen LogP contribution in [0.3, 0.4) is 0 Å². The molecule has 0 spiro atoms. The van der Waals surface area contributed by atoms with Gasteiger partial charge >= 0.3 is 0 Å². The van der Waals surface area contributed by atoms with Gasteiger partial charge in [0, 0.05) is 19.1 Å². The van der Waals surface area contributed by atoms with Crippen LogP contribution in [0.25, 0.3) is 10.9 Å². The largest absolute Gasteiger partial charge is 0.497 e. The summed E-state index contributed by atoms with van der Waals surface area (Å²) >= 11 is 0. The van der Waals surface area contributed by atoms with Crippen LogP contribution in [0.5, 0.6) is 5.75 Å². The molecule has 108 valence electrons. The van der Waals surface area contributed by atoms with Crippen LogP contribution in [0.2, 0.25) is 0 Å². The molecule has 0 fully saturated rings. The van der Waals surface area contributed by atoms with E-state index in [0.717, 1.165) is 0 Å². The van der Waals surface area contributed by atoms with Gasteiger partial charge in [-0.3, -0.25) is 9.36 Å². The number of aromatic nitrogens is 2. The molecule has 1 heterocycles. The Hall–Kier alpha value is -1.88. The lowest BCUT2D eigenvalue weighted by Crippen LogP contribution is -2.28. The third-order valence-corrected chi connectivity index (χ3v) is 3.64. The van der Waals surface area contributed by atoms with Crippen molar-refractivity contribution in [2.45, 2.75) is 20.4 Å². The average Bonchev–Trinajstić information content (AvgIpc) is 2.46. The smallest absolute Gasteiger partial charge is 0.261 e. The summed E-state index contributed by atoms with van der Waals surface area (Å²) in [5, 5.41) is 9.92. The van der Waals surface area contributed by atoms with E-state index in [9.17, 15) is 9.90 Å². The van der Waals surface area contributed by atoms with Crippen molar-refractivity contribution in [1.82, 2.24) is 9.55 Å². The SMILES string of the molecule is COc1ccc2ncn(CC(CO)C(C)C)c(=O)c2c1. The molecular formula is C15H20N2O3. The Morgan fingerprint density at radius 3 is 2.75 bits per heavy atom. The number of rotatable bonds is 5. The van der Waals surface area contributed by atoms with Gasteiger partial charge in [-0.25, -0.2) is 4.98 Å². The maximum Gasteiger partial charge on any atom is 0.261 e. The van der Waals surface area contributed by atoms with Gasteiger partial charge in [0.05, 0.1) is 24.3 Å². The fraction of sp³-hybridized carbons (Fsp3) is 0.467. The third kappa shape index (κ3) is 2.82. The zero-order chi connectivity index (χ0) is 14.7. The molecule has 5 heteroatoms. The van der Waals surface area contributed by atoms with Gasteiger partial charge in [0.25, 0.3) is 5.56 Å². The Labute approximate surface area is 117 Å². The minimum atomic E-state index is -0.104. The monoisotopic (exact) mass is 276 g/mol. The van der Waals surface area contributed by atoms with Crippen molar-refractivity contribution >= 4 is 10.9 Å². The molecule has 0 saturated carbocycles. The number of hydrogen-bond acceptors (Lipinski definition) is 4. The predicted molar refractivity (Wildman–Crippen MR) is 78.0 cm³/mol. The summed E-state index contributed by atoms with van der Waals surface area (Å²) in [5.74, 6) is 0.974. The second-order valence-corrected chi connectivity index (χ2v) is 5.27. The number of methoxy groups -OCH3 is 1. The first-order chi connectivity index (χ1) is 9.56. The molecule has 1 N–H and O–H groups in total. The number of aliphatic hydroxyl groups excluding tert-OH is 1. The van der Waals surface area contributed by atoms with E-state index in [-0.39, 0.29) is 18.1 Å². The zero-order valence-corrected chi connectivity index (χ0v) is 12.0. The number of ether oxygens (including phenoxy) is 1. The third-order valence-electron chi connectivity index (χ3n) is 3.64. The molecule has 0 aliphatic carbocycles. The van der Waals surface area contributed by atoms with E-state index in [1.54, 1.807) is 36.2 Å². The Balaban J connectivity index is 2.45. The molecule has 5 nitrogen and oxygen atoms in total. The van der Waals surface area contributed by atoms with Crippen LogP contribution in [0, 0.1) is 11.8 Å². The zero-order valence-electron chi connectivity index (χ0n) is 12.0. The Bertz CT molecular complexity index is 649. The Morgan fingerprint density at radius 2 is 2.15 bits per heavy atom. The molecule has 1 aromatic heterocycles. The standard InChI is InChI=1S/C15H20N2O3/c1-10(2)11(8-18)7-17-9-16-14-5-4-12(20-3)6-13(14)15(17)19/h4-6,9-11,18H,7-8H2,1-3H3. The highest BCUT2D eigenvalue weighted by Gasteiger charge is 2.15. The molecule has 1 atom stereocenters. The van der Waals surface area contributed by atoms with E-state index in [1.165, 1.54) is 0 Å². The van der Waals surface area contributed by atoms with Gasteiger partial charge in [-0.05, 0) is 24.1 Å². The van der Waals surface area contributed by atoms with Crippen molar-refractivity contribution in [3.05, 3.63) is 34.9 Å². The molecule has 2 aromatic rings. The summed E-state index contributed by atoms with van der Waals surface area (Å²) in [7, 11) is 1.57. The summed E-state index contributed by atoms with van der Waals surface area (Å²) in [5.41, 5.74) is 0.546. The van der Waals surface area contributed by atoms with Gasteiger partial charge in [-0.15, -0.1) is 0 Å². The van der Waals surface area contributed by atoms with Crippen LogP contribution in [-0.4, -0.2) is 28.4 Å². The van der Waals surface area contributed by atoms with E-state index < -0.39 is 0 Å². The van der Waals surface area contributed by atoms with Crippen molar-refractivity contribution in [2.24, 2.45) is 11.8 Å². The van der Waals surface area contributed by atoms with Gasteiger partial charge in [-0.2, -0.15) is 0 Å². The van der Waals surface area contributed by atoms with Crippen LogP contribution >= 0.6 is 0 Å². The quantitative estimate of drug-likeness (QED) is 0.902. The van der Waals surface area contributed by atoms with Crippen LogP contribution in [0.1, 0.15) is 13.8 Å². The first-order valence-electron chi connectivity index (χ1n) is 6.71. The van der Waals surface area contributed by atoms with Crippen molar-refractivity contribution < 1.29 is 9.84 Å². The summed E-state index contributed by atoms with van der Waals surface area (Å²) in [6, 6.07) is 5.25. The topological polar surface area (TPSA) is 64.3 Å². The van der Waals surface area contributed by atoms with E-state index >= 15 is 0 Å². The maximum absolute atomic E-state index is 12.5. The highest BCUT2D eigenvalue weighted by atomic mass is 16.5. The van der Waals surface area contributed by atoms with Crippen LogP contribution in [0.15, 0.2) is 29.3 Å². The van der Waals surface area contributed by atoms with Crippen molar-refractivity contribution in [3.8, 4) is 5.75 Å². The van der Waals surface area contributed by atoms with Gasteiger partial charge in [-0.1, -0.05) is 13.8 Å². The van der Waals surface area contributed by atoms with Gasteiger partial charge < -0.3 is 9.84 Å². The lowest BCUT2D eigenvalue weighted by molar-refractivity contribution is 0.171. The summed E-state index contributed by atoms with van der Waals surface area (Å²) in [4.78, 5) is 16.7. The average molecular weight is 276 g/mol. The number of hydrogen-bond donors (Lipinski definition) is 1. The first kappa shape index (κ1) is 14.5. The molecule has 0 radical (unpaired) electrons. The van der Waals surface area contributed by atoms with E-state index in [0.29, 0.717) is 29.1 Å². The number of nitrogens with zero attached hydrogens (tertiary/aromatic N) is 2. The molecule has 0 aliphatic rings. The minimum absolute atomic E-state index is 0.0394. The second kappa shape index (κ2) is 6.05. The first-order valence-corrected chi connectivity index (χ1v) is 6.71. The number of benzene rings is 1. The molecule has 1 unspecified atom stereocenters. The van der Waals surface area contributed by atoms with Gasteiger partial charge in [0.1, 0.15) is 5.75 Å². The normalized spacial score (nSPS) is 12.8. The van der Waals surface area contributed by atoms with Crippen LogP contribution in [0.4, 0.5) is 0 Å². The van der Waals surface area contributed by atoms with Crippen molar-refractivity contribution in [2.75, 3.05) is 13.7 Å². The number of fused-ring (bicyclic) bond motifs is 1. The minimum Gasteiger partial charge on any atom is -0.497 e. The van der Waals surface area contributed by atoms with Crippen LogP contribution in [-0.2, 0) is 6.54 Å². The summed E-state index contributed by atoms with van der Waals surface area (Å²) in [6.45, 7) is 4.58. The highest BCUT2D eigenvalue weighted by molar-refractivity contribution is 5.78. The molecule has 0 amide bonds. The molecule has 2 rings (SSSR count). The maximum atomic E-state index is 12.5. The van der Waals surface area contributed by atoms with Crippen LogP contribution < -0.4 is 10.3 Å². The predicted octanol–water partition coefficient (Wildman–Crippen LogP) is 1.67. The number of aliphatic hydroxyl groups is 1. The Morgan fingerprint density at radius 1 is 1.40 bits per heavy atom. The van der Waals surface area contributed by atoms with E-state index in [4.69, 9.17) is 4.74 Å². The molecule has 0 saturated heterocycles. The molecule has 20 heavy (non-hydrogen) atoms. The molecule has 1 aromatic carbocycles. The Kier molecular flexibility index (Phi) is 4.39.